The molecular weight excluding hydrogens is 360 g/mol. The van der Waals surface area contributed by atoms with Crippen LogP contribution < -0.4 is 10.6 Å². The van der Waals surface area contributed by atoms with E-state index in [0.717, 1.165) is 18.7 Å². The number of tetrazole rings is 1. The van der Waals surface area contributed by atoms with Gasteiger partial charge in [-0.05, 0) is 68.4 Å². The Morgan fingerprint density at radius 1 is 1.24 bits per heavy atom. The zero-order chi connectivity index (χ0) is 18.3. The van der Waals surface area contributed by atoms with Crippen LogP contribution in [-0.4, -0.2) is 50.5 Å². The number of hydrogen-bond acceptors (Lipinski definition) is 6. The van der Waals surface area contributed by atoms with E-state index in [1.807, 2.05) is 12.1 Å². The maximum Gasteiger partial charge on any atom is 0.230 e. The molecule has 0 bridgehead atoms. The fraction of sp³-hybridized carbons (Fsp3) is 0.500. The highest BCUT2D eigenvalue weighted by Crippen LogP contribution is 2.19. The summed E-state index contributed by atoms with van der Waals surface area (Å²) in [6.45, 7) is 7.86. The van der Waals surface area contributed by atoms with Gasteiger partial charge in [-0.25, -0.2) is 0 Å². The van der Waals surface area contributed by atoms with Crippen molar-refractivity contribution in [2.75, 3.05) is 18.8 Å². The van der Waals surface area contributed by atoms with Crippen molar-refractivity contribution in [3.8, 4) is 5.69 Å². The second-order valence-electron chi connectivity index (χ2n) is 6.52. The van der Waals surface area contributed by atoms with Crippen molar-refractivity contribution in [3.63, 3.8) is 0 Å². The Morgan fingerprint density at radius 3 is 2.64 bits per heavy atom. The molecule has 0 fully saturated rings. The van der Waals surface area contributed by atoms with E-state index >= 15 is 0 Å². The summed E-state index contributed by atoms with van der Waals surface area (Å²) in [6, 6.07) is 7.19. The largest absolute Gasteiger partial charge is 0.355 e. The van der Waals surface area contributed by atoms with Crippen LogP contribution in [0.3, 0.4) is 0 Å². The van der Waals surface area contributed by atoms with Crippen LogP contribution in [0.5, 0.6) is 0 Å². The molecule has 1 aromatic heterocycles. The van der Waals surface area contributed by atoms with E-state index in [1.54, 1.807) is 16.8 Å². The lowest BCUT2D eigenvalue weighted by molar-refractivity contribution is -0.118. The van der Waals surface area contributed by atoms with Gasteiger partial charge in [0.15, 0.2) is 0 Å². The standard InChI is InChI=1S/C16H23ClN6OS/c1-16(2,3)19-10-4-9-18-14(24)11-25-15-20-21-22-23(15)13-7-5-12(17)6-8-13/h5-8,19H,4,9-11H2,1-3H3,(H,18,24). The summed E-state index contributed by atoms with van der Waals surface area (Å²) < 4.78 is 1.58. The highest BCUT2D eigenvalue weighted by atomic mass is 35.5. The van der Waals surface area contributed by atoms with Gasteiger partial charge in [0, 0.05) is 17.1 Å². The maximum absolute atomic E-state index is 11.9. The lowest BCUT2D eigenvalue weighted by Gasteiger charge is -2.20. The molecule has 0 atom stereocenters. The summed E-state index contributed by atoms with van der Waals surface area (Å²) >= 11 is 7.18. The van der Waals surface area contributed by atoms with Crippen molar-refractivity contribution < 1.29 is 4.79 Å². The lowest BCUT2D eigenvalue weighted by Crippen LogP contribution is -2.38. The number of aromatic nitrogens is 4. The Hall–Kier alpha value is -1.64. The number of hydrogen-bond donors (Lipinski definition) is 2. The van der Waals surface area contributed by atoms with Crippen LogP contribution in [0.25, 0.3) is 5.69 Å². The molecular formula is C16H23ClN6OS. The van der Waals surface area contributed by atoms with Gasteiger partial charge in [0.25, 0.3) is 0 Å². The Balaban J connectivity index is 1.75. The Labute approximate surface area is 156 Å². The number of carbonyl (C=O) groups is 1. The molecule has 9 heteroatoms. The van der Waals surface area contributed by atoms with Gasteiger partial charge in [-0.1, -0.05) is 23.4 Å². The van der Waals surface area contributed by atoms with E-state index in [-0.39, 0.29) is 17.2 Å². The third-order valence-corrected chi connectivity index (χ3v) is 4.35. The van der Waals surface area contributed by atoms with E-state index in [0.29, 0.717) is 16.7 Å². The summed E-state index contributed by atoms with van der Waals surface area (Å²) in [5.41, 5.74) is 0.893. The van der Waals surface area contributed by atoms with Crippen molar-refractivity contribution in [1.82, 2.24) is 30.8 Å². The highest BCUT2D eigenvalue weighted by molar-refractivity contribution is 7.99. The van der Waals surface area contributed by atoms with E-state index in [1.165, 1.54) is 11.8 Å². The SMILES string of the molecule is CC(C)(C)NCCCNC(=O)CSc1nnnn1-c1ccc(Cl)cc1. The normalized spacial score (nSPS) is 11.5. The van der Waals surface area contributed by atoms with Crippen LogP contribution in [0.15, 0.2) is 29.4 Å². The third-order valence-electron chi connectivity index (χ3n) is 3.18. The minimum absolute atomic E-state index is 0.0357. The average Bonchev–Trinajstić information content (AvgIpc) is 3.01. The fourth-order valence-corrected chi connectivity index (χ4v) is 2.82. The molecule has 0 radical (unpaired) electrons. The number of rotatable bonds is 8. The summed E-state index contributed by atoms with van der Waals surface area (Å²) in [5.74, 6) is 0.229. The molecule has 1 amide bonds. The van der Waals surface area contributed by atoms with Crippen LogP contribution in [0.2, 0.25) is 5.02 Å². The predicted molar refractivity (Wildman–Crippen MR) is 100 cm³/mol. The van der Waals surface area contributed by atoms with Gasteiger partial charge >= 0.3 is 0 Å². The molecule has 136 valence electrons. The molecule has 0 aliphatic rings. The second kappa shape index (κ2) is 9.17. The van der Waals surface area contributed by atoms with Crippen LogP contribution in [0.1, 0.15) is 27.2 Å². The minimum atomic E-state index is -0.0357. The first-order valence-electron chi connectivity index (χ1n) is 8.04. The number of amides is 1. The van der Waals surface area contributed by atoms with Gasteiger partial charge in [0.2, 0.25) is 11.1 Å². The van der Waals surface area contributed by atoms with E-state index in [2.05, 4.69) is 46.9 Å². The average molecular weight is 383 g/mol. The molecule has 0 aliphatic carbocycles. The molecule has 7 nitrogen and oxygen atoms in total. The Bertz CT molecular complexity index is 683. The summed E-state index contributed by atoms with van der Waals surface area (Å²) in [5, 5.41) is 19.1. The summed E-state index contributed by atoms with van der Waals surface area (Å²) in [4.78, 5) is 11.9. The fourth-order valence-electron chi connectivity index (χ4n) is 1.97. The topological polar surface area (TPSA) is 84.7 Å². The number of nitrogens with one attached hydrogen (secondary N) is 2. The van der Waals surface area contributed by atoms with Gasteiger partial charge in [-0.15, -0.1) is 5.10 Å². The molecule has 0 saturated heterocycles. The number of benzene rings is 1. The second-order valence-corrected chi connectivity index (χ2v) is 7.90. The van der Waals surface area contributed by atoms with Crippen molar-refractivity contribution in [2.45, 2.75) is 37.9 Å². The number of thioether (sulfide) groups is 1. The van der Waals surface area contributed by atoms with Crippen molar-refractivity contribution >= 4 is 29.3 Å². The van der Waals surface area contributed by atoms with E-state index in [9.17, 15) is 4.79 Å². The molecule has 25 heavy (non-hydrogen) atoms. The van der Waals surface area contributed by atoms with Crippen LogP contribution in [0.4, 0.5) is 0 Å². The first-order valence-corrected chi connectivity index (χ1v) is 9.40. The molecule has 0 unspecified atom stereocenters. The number of nitrogens with zero attached hydrogens (tertiary/aromatic N) is 4. The van der Waals surface area contributed by atoms with Gasteiger partial charge in [-0.3, -0.25) is 4.79 Å². The van der Waals surface area contributed by atoms with Gasteiger partial charge in [0.1, 0.15) is 0 Å². The molecule has 0 aliphatic heterocycles. The zero-order valence-electron chi connectivity index (χ0n) is 14.6. The Kier molecular flexibility index (Phi) is 7.22. The minimum Gasteiger partial charge on any atom is -0.355 e. The third kappa shape index (κ3) is 7.01. The number of halogens is 1. The lowest BCUT2D eigenvalue weighted by atomic mass is 10.1. The van der Waals surface area contributed by atoms with E-state index < -0.39 is 0 Å². The Morgan fingerprint density at radius 2 is 1.96 bits per heavy atom. The highest BCUT2D eigenvalue weighted by Gasteiger charge is 2.12. The van der Waals surface area contributed by atoms with Crippen molar-refractivity contribution in [2.24, 2.45) is 0 Å². The first-order chi connectivity index (χ1) is 11.8. The van der Waals surface area contributed by atoms with Crippen molar-refractivity contribution in [1.29, 1.82) is 0 Å². The smallest absolute Gasteiger partial charge is 0.230 e. The van der Waals surface area contributed by atoms with E-state index in [4.69, 9.17) is 11.6 Å². The zero-order valence-corrected chi connectivity index (χ0v) is 16.2. The first kappa shape index (κ1) is 19.7. The summed E-state index contributed by atoms with van der Waals surface area (Å²) in [6.07, 6.45) is 0.885. The van der Waals surface area contributed by atoms with Gasteiger partial charge in [0.05, 0.1) is 11.4 Å². The van der Waals surface area contributed by atoms with Crippen molar-refractivity contribution in [3.05, 3.63) is 29.3 Å². The molecule has 0 saturated carbocycles. The van der Waals surface area contributed by atoms with Gasteiger partial charge in [-0.2, -0.15) is 4.68 Å². The monoisotopic (exact) mass is 382 g/mol. The predicted octanol–water partition coefficient (Wildman–Crippen LogP) is 2.30. The molecule has 2 aromatic rings. The molecule has 1 heterocycles. The molecule has 2 N–H and O–H groups in total. The van der Waals surface area contributed by atoms with Crippen LogP contribution in [-0.2, 0) is 4.79 Å². The van der Waals surface area contributed by atoms with Gasteiger partial charge < -0.3 is 10.6 Å². The maximum atomic E-state index is 11.9. The quantitative estimate of drug-likeness (QED) is 0.538. The summed E-state index contributed by atoms with van der Waals surface area (Å²) in [7, 11) is 0. The molecule has 2 rings (SSSR count). The molecule has 1 aromatic carbocycles. The number of carbonyl (C=O) groups excluding carboxylic acids is 1. The molecule has 0 spiro atoms. The van der Waals surface area contributed by atoms with Crippen LogP contribution in [0, 0.1) is 0 Å². The van der Waals surface area contributed by atoms with Crippen LogP contribution >= 0.6 is 23.4 Å².